The lowest BCUT2D eigenvalue weighted by Gasteiger charge is -2.12. The van der Waals surface area contributed by atoms with E-state index in [1.807, 2.05) is 6.07 Å². The largest absolute Gasteiger partial charge is 0.310 e. The Hall–Kier alpha value is -1.67. The molecule has 0 aliphatic heterocycles. The predicted octanol–water partition coefficient (Wildman–Crippen LogP) is 4.87. The van der Waals surface area contributed by atoms with E-state index in [0.29, 0.717) is 12.0 Å². The van der Waals surface area contributed by atoms with Crippen LogP contribution in [-0.4, -0.2) is 6.04 Å². The van der Waals surface area contributed by atoms with Gasteiger partial charge in [0.25, 0.3) is 0 Å². The molecule has 1 N–H and O–H groups in total. The summed E-state index contributed by atoms with van der Waals surface area (Å²) in [6.07, 6.45) is 2.49. The molecule has 1 saturated carbocycles. The summed E-state index contributed by atoms with van der Waals surface area (Å²) in [5, 5.41) is 3.47. The Morgan fingerprint density at radius 3 is 2.43 bits per heavy atom. The maximum atomic E-state index is 13.5. The van der Waals surface area contributed by atoms with E-state index in [0.717, 1.165) is 23.2 Å². The van der Waals surface area contributed by atoms with E-state index in [2.05, 4.69) is 43.4 Å². The SMILES string of the molecule is CC(C)c1ccc(-c2ccc(F)cc2CNC2CC2)cc1. The fourth-order valence-corrected chi connectivity index (χ4v) is 2.58. The quantitative estimate of drug-likeness (QED) is 0.825. The van der Waals surface area contributed by atoms with Crippen LogP contribution >= 0.6 is 0 Å². The highest BCUT2D eigenvalue weighted by molar-refractivity contribution is 5.67. The van der Waals surface area contributed by atoms with Crippen molar-refractivity contribution in [2.75, 3.05) is 0 Å². The van der Waals surface area contributed by atoms with Crippen molar-refractivity contribution in [1.29, 1.82) is 0 Å². The zero-order valence-corrected chi connectivity index (χ0v) is 12.7. The molecule has 0 atom stereocenters. The summed E-state index contributed by atoms with van der Waals surface area (Å²) < 4.78 is 13.5. The maximum Gasteiger partial charge on any atom is 0.123 e. The first-order valence-electron chi connectivity index (χ1n) is 7.75. The molecular weight excluding hydrogens is 261 g/mol. The van der Waals surface area contributed by atoms with E-state index in [1.54, 1.807) is 12.1 Å². The molecule has 1 fully saturated rings. The summed E-state index contributed by atoms with van der Waals surface area (Å²) in [7, 11) is 0. The van der Waals surface area contributed by atoms with Crippen LogP contribution in [0.3, 0.4) is 0 Å². The van der Waals surface area contributed by atoms with Gasteiger partial charge in [0.05, 0.1) is 0 Å². The molecule has 3 rings (SSSR count). The molecule has 0 spiro atoms. The van der Waals surface area contributed by atoms with Gasteiger partial charge in [-0.3, -0.25) is 0 Å². The summed E-state index contributed by atoms with van der Waals surface area (Å²) in [5.74, 6) is 0.369. The van der Waals surface area contributed by atoms with E-state index in [-0.39, 0.29) is 5.82 Å². The van der Waals surface area contributed by atoms with Gasteiger partial charge in [0.2, 0.25) is 0 Å². The lowest BCUT2D eigenvalue weighted by Crippen LogP contribution is -2.16. The highest BCUT2D eigenvalue weighted by atomic mass is 19.1. The standard InChI is InChI=1S/C19H22FN/c1-13(2)14-3-5-15(6-4-14)19-10-7-17(20)11-16(19)12-21-18-8-9-18/h3-7,10-11,13,18,21H,8-9,12H2,1-2H3. The minimum absolute atomic E-state index is 0.162. The monoisotopic (exact) mass is 283 g/mol. The third-order valence-electron chi connectivity index (χ3n) is 4.11. The first-order chi connectivity index (χ1) is 10.1. The molecule has 0 unspecified atom stereocenters. The summed E-state index contributed by atoms with van der Waals surface area (Å²) in [4.78, 5) is 0. The minimum atomic E-state index is -0.162. The first-order valence-corrected chi connectivity index (χ1v) is 7.75. The van der Waals surface area contributed by atoms with Crippen molar-refractivity contribution in [3.8, 4) is 11.1 Å². The average molecular weight is 283 g/mol. The van der Waals surface area contributed by atoms with Gasteiger partial charge < -0.3 is 5.32 Å². The summed E-state index contributed by atoms with van der Waals surface area (Å²) in [6, 6.07) is 14.3. The van der Waals surface area contributed by atoms with Crippen LogP contribution in [0.25, 0.3) is 11.1 Å². The number of halogens is 1. The third-order valence-corrected chi connectivity index (χ3v) is 4.11. The van der Waals surface area contributed by atoms with Gasteiger partial charge in [-0.15, -0.1) is 0 Å². The van der Waals surface area contributed by atoms with E-state index < -0.39 is 0 Å². The predicted molar refractivity (Wildman–Crippen MR) is 85.8 cm³/mol. The van der Waals surface area contributed by atoms with Crippen LogP contribution in [0.5, 0.6) is 0 Å². The Labute approximate surface area is 126 Å². The fraction of sp³-hybridized carbons (Fsp3) is 0.368. The van der Waals surface area contributed by atoms with E-state index in [4.69, 9.17) is 0 Å². The van der Waals surface area contributed by atoms with Crippen molar-refractivity contribution in [3.05, 3.63) is 59.4 Å². The highest BCUT2D eigenvalue weighted by Crippen LogP contribution is 2.27. The maximum absolute atomic E-state index is 13.5. The lowest BCUT2D eigenvalue weighted by molar-refractivity contribution is 0.620. The normalized spacial score (nSPS) is 14.7. The molecule has 0 saturated heterocycles. The molecule has 0 amide bonds. The lowest BCUT2D eigenvalue weighted by atomic mass is 9.96. The molecular formula is C19H22FN. The smallest absolute Gasteiger partial charge is 0.123 e. The van der Waals surface area contributed by atoms with E-state index >= 15 is 0 Å². The fourth-order valence-electron chi connectivity index (χ4n) is 2.58. The molecule has 1 nitrogen and oxygen atoms in total. The average Bonchev–Trinajstić information content (AvgIpc) is 3.29. The number of rotatable bonds is 5. The van der Waals surface area contributed by atoms with Crippen molar-refractivity contribution in [2.45, 2.75) is 45.2 Å². The Bertz CT molecular complexity index is 612. The number of hydrogen-bond donors (Lipinski definition) is 1. The highest BCUT2D eigenvalue weighted by Gasteiger charge is 2.20. The van der Waals surface area contributed by atoms with Crippen LogP contribution in [0, 0.1) is 5.82 Å². The van der Waals surface area contributed by atoms with E-state index in [1.165, 1.54) is 18.4 Å². The van der Waals surface area contributed by atoms with Crippen LogP contribution in [-0.2, 0) is 6.54 Å². The Morgan fingerprint density at radius 2 is 1.81 bits per heavy atom. The molecule has 0 heterocycles. The molecule has 0 bridgehead atoms. The van der Waals surface area contributed by atoms with Crippen LogP contribution in [0.2, 0.25) is 0 Å². The summed E-state index contributed by atoms with van der Waals surface area (Å²) in [5.41, 5.74) is 4.66. The zero-order chi connectivity index (χ0) is 14.8. The second kappa shape index (κ2) is 5.98. The van der Waals surface area contributed by atoms with Gasteiger partial charge in [0.1, 0.15) is 5.82 Å². The van der Waals surface area contributed by atoms with Crippen molar-refractivity contribution in [1.82, 2.24) is 5.32 Å². The van der Waals surface area contributed by atoms with Gasteiger partial charge >= 0.3 is 0 Å². The molecule has 0 aromatic heterocycles. The molecule has 110 valence electrons. The van der Waals surface area contributed by atoms with Gasteiger partial charge in [-0.25, -0.2) is 4.39 Å². The van der Waals surface area contributed by atoms with Gasteiger partial charge in [-0.1, -0.05) is 44.2 Å². The second-order valence-electron chi connectivity index (χ2n) is 6.23. The van der Waals surface area contributed by atoms with Crippen LogP contribution in [0.4, 0.5) is 4.39 Å². The van der Waals surface area contributed by atoms with Gasteiger partial charge in [0.15, 0.2) is 0 Å². The molecule has 1 aliphatic carbocycles. The Balaban J connectivity index is 1.88. The Morgan fingerprint density at radius 1 is 1.10 bits per heavy atom. The van der Waals surface area contributed by atoms with Crippen LogP contribution in [0.15, 0.2) is 42.5 Å². The van der Waals surface area contributed by atoms with Gasteiger partial charge in [-0.2, -0.15) is 0 Å². The molecule has 0 radical (unpaired) electrons. The number of hydrogen-bond acceptors (Lipinski definition) is 1. The Kier molecular flexibility index (Phi) is 4.07. The zero-order valence-electron chi connectivity index (χ0n) is 12.7. The molecule has 2 aromatic rings. The van der Waals surface area contributed by atoms with Crippen molar-refractivity contribution in [3.63, 3.8) is 0 Å². The van der Waals surface area contributed by atoms with Crippen LogP contribution in [0.1, 0.15) is 43.7 Å². The first kappa shape index (κ1) is 14.3. The van der Waals surface area contributed by atoms with Gasteiger partial charge in [0, 0.05) is 12.6 Å². The topological polar surface area (TPSA) is 12.0 Å². The summed E-state index contributed by atoms with van der Waals surface area (Å²) >= 11 is 0. The third kappa shape index (κ3) is 3.51. The van der Waals surface area contributed by atoms with Crippen molar-refractivity contribution in [2.24, 2.45) is 0 Å². The van der Waals surface area contributed by atoms with Crippen LogP contribution < -0.4 is 5.32 Å². The molecule has 2 aromatic carbocycles. The number of benzene rings is 2. The molecule has 1 aliphatic rings. The molecule has 21 heavy (non-hydrogen) atoms. The molecule has 2 heteroatoms. The minimum Gasteiger partial charge on any atom is -0.310 e. The second-order valence-corrected chi connectivity index (χ2v) is 6.23. The van der Waals surface area contributed by atoms with Crippen molar-refractivity contribution < 1.29 is 4.39 Å². The van der Waals surface area contributed by atoms with Crippen molar-refractivity contribution >= 4 is 0 Å². The van der Waals surface area contributed by atoms with Gasteiger partial charge in [-0.05, 0) is 53.1 Å². The summed E-state index contributed by atoms with van der Waals surface area (Å²) in [6.45, 7) is 5.12. The number of nitrogens with one attached hydrogen (secondary N) is 1. The van der Waals surface area contributed by atoms with E-state index in [9.17, 15) is 4.39 Å².